The lowest BCUT2D eigenvalue weighted by molar-refractivity contribution is -0.167. The largest absolute Gasteiger partial charge is 0.462 e. The maximum Gasteiger partial charge on any atom is 0.306 e. The molecule has 0 saturated carbocycles. The van der Waals surface area contributed by atoms with Gasteiger partial charge < -0.3 is 14.2 Å². The topological polar surface area (TPSA) is 78.9 Å². The number of unbranched alkanes of at least 4 members (excludes halogenated alkanes) is 46. The molecular formula is C64H122O6. The zero-order chi connectivity index (χ0) is 50.7. The van der Waals surface area contributed by atoms with E-state index >= 15 is 0 Å². The van der Waals surface area contributed by atoms with Crippen LogP contribution in [0.3, 0.4) is 0 Å². The molecule has 0 saturated heterocycles. The van der Waals surface area contributed by atoms with Gasteiger partial charge >= 0.3 is 17.9 Å². The maximum absolute atomic E-state index is 12.9. The van der Waals surface area contributed by atoms with E-state index in [-0.39, 0.29) is 31.1 Å². The smallest absolute Gasteiger partial charge is 0.306 e. The van der Waals surface area contributed by atoms with Crippen LogP contribution in [-0.2, 0) is 28.6 Å². The summed E-state index contributed by atoms with van der Waals surface area (Å²) in [7, 11) is 0. The van der Waals surface area contributed by atoms with Crippen LogP contribution in [0, 0.1) is 0 Å². The van der Waals surface area contributed by atoms with Crippen molar-refractivity contribution in [2.75, 3.05) is 13.2 Å². The number of carbonyl (C=O) groups excluding carboxylic acids is 3. The second kappa shape index (κ2) is 59.7. The molecule has 414 valence electrons. The monoisotopic (exact) mass is 987 g/mol. The third-order valence-corrected chi connectivity index (χ3v) is 14.5. The second-order valence-corrected chi connectivity index (χ2v) is 21.7. The Morgan fingerprint density at radius 3 is 0.714 bits per heavy atom. The zero-order valence-corrected chi connectivity index (χ0v) is 47.6. The molecule has 0 heterocycles. The second-order valence-electron chi connectivity index (χ2n) is 21.7. The Morgan fingerprint density at radius 1 is 0.271 bits per heavy atom. The van der Waals surface area contributed by atoms with Crippen LogP contribution in [-0.4, -0.2) is 37.2 Å². The lowest BCUT2D eigenvalue weighted by Gasteiger charge is -2.18. The summed E-state index contributed by atoms with van der Waals surface area (Å²) >= 11 is 0. The van der Waals surface area contributed by atoms with Crippen molar-refractivity contribution in [1.29, 1.82) is 0 Å². The number of hydrogen-bond acceptors (Lipinski definition) is 6. The maximum atomic E-state index is 12.9. The molecule has 0 aromatic heterocycles. The number of allylic oxidation sites excluding steroid dienone is 2. The van der Waals surface area contributed by atoms with E-state index in [2.05, 4.69) is 32.9 Å². The first-order chi connectivity index (χ1) is 34.5. The highest BCUT2D eigenvalue weighted by atomic mass is 16.6. The third kappa shape index (κ3) is 57.1. The standard InChI is InChI=1S/C64H122O6/c1-4-7-10-13-16-19-22-24-26-28-29-30-31-32-33-34-35-36-38-39-42-45-48-51-54-57-63(66)69-60-61(59-68-62(65)56-53-50-47-44-41-21-18-15-12-9-6-3)70-64(67)58-55-52-49-46-43-40-37-27-25-23-20-17-14-11-8-5-2/h27,37,61H,4-26,28-36,38-60H2,1-3H3/b37-27-. The molecular weight excluding hydrogens is 865 g/mol. The van der Waals surface area contributed by atoms with E-state index < -0.39 is 6.10 Å². The number of rotatable bonds is 59. The summed E-state index contributed by atoms with van der Waals surface area (Å²) in [5.74, 6) is -0.850. The molecule has 0 rings (SSSR count). The average Bonchev–Trinajstić information content (AvgIpc) is 3.36. The van der Waals surface area contributed by atoms with E-state index in [1.807, 2.05) is 0 Å². The Balaban J connectivity index is 4.17. The van der Waals surface area contributed by atoms with Gasteiger partial charge in [-0.25, -0.2) is 0 Å². The van der Waals surface area contributed by atoms with Crippen LogP contribution in [0.25, 0.3) is 0 Å². The number of esters is 3. The minimum Gasteiger partial charge on any atom is -0.462 e. The van der Waals surface area contributed by atoms with E-state index in [9.17, 15) is 14.4 Å². The molecule has 0 aliphatic carbocycles. The van der Waals surface area contributed by atoms with Gasteiger partial charge in [0, 0.05) is 19.3 Å². The van der Waals surface area contributed by atoms with Crippen LogP contribution < -0.4 is 0 Å². The van der Waals surface area contributed by atoms with Crippen molar-refractivity contribution in [2.24, 2.45) is 0 Å². The van der Waals surface area contributed by atoms with Crippen LogP contribution in [0.2, 0.25) is 0 Å². The first-order valence-corrected chi connectivity index (χ1v) is 31.7. The minimum absolute atomic E-state index is 0.0672. The van der Waals surface area contributed by atoms with Crippen molar-refractivity contribution < 1.29 is 28.6 Å². The van der Waals surface area contributed by atoms with E-state index in [1.165, 1.54) is 257 Å². The summed E-state index contributed by atoms with van der Waals surface area (Å²) in [6.07, 6.45) is 69.4. The summed E-state index contributed by atoms with van der Waals surface area (Å²) in [5.41, 5.74) is 0. The normalized spacial score (nSPS) is 12.0. The first kappa shape index (κ1) is 68.2. The molecule has 0 aromatic rings. The number of ether oxygens (including phenoxy) is 3. The van der Waals surface area contributed by atoms with Crippen LogP contribution >= 0.6 is 0 Å². The molecule has 0 aliphatic heterocycles. The molecule has 0 radical (unpaired) electrons. The van der Waals surface area contributed by atoms with Crippen LogP contribution in [0.5, 0.6) is 0 Å². The molecule has 0 bridgehead atoms. The van der Waals surface area contributed by atoms with Gasteiger partial charge in [0.2, 0.25) is 0 Å². The Morgan fingerprint density at radius 2 is 0.471 bits per heavy atom. The molecule has 1 atom stereocenters. The summed E-state index contributed by atoms with van der Waals surface area (Å²) in [6, 6.07) is 0. The number of carbonyl (C=O) groups is 3. The molecule has 0 N–H and O–H groups in total. The number of hydrogen-bond donors (Lipinski definition) is 0. The Kier molecular flexibility index (Phi) is 58.1. The Bertz CT molecular complexity index is 1090. The van der Waals surface area contributed by atoms with E-state index in [1.54, 1.807) is 0 Å². The van der Waals surface area contributed by atoms with Crippen molar-refractivity contribution in [1.82, 2.24) is 0 Å². The van der Waals surface area contributed by atoms with Gasteiger partial charge in [-0.1, -0.05) is 309 Å². The van der Waals surface area contributed by atoms with E-state index in [0.29, 0.717) is 19.3 Å². The molecule has 0 aromatic carbocycles. The molecule has 6 heteroatoms. The molecule has 0 spiro atoms. The van der Waals surface area contributed by atoms with Gasteiger partial charge in [-0.2, -0.15) is 0 Å². The fraction of sp³-hybridized carbons (Fsp3) is 0.922. The summed E-state index contributed by atoms with van der Waals surface area (Å²) in [6.45, 7) is 6.69. The van der Waals surface area contributed by atoms with Crippen LogP contribution in [0.15, 0.2) is 12.2 Å². The van der Waals surface area contributed by atoms with Gasteiger partial charge in [-0.05, 0) is 44.9 Å². The lowest BCUT2D eigenvalue weighted by Crippen LogP contribution is -2.30. The summed E-state index contributed by atoms with van der Waals surface area (Å²) in [4.78, 5) is 38.2. The fourth-order valence-corrected chi connectivity index (χ4v) is 9.74. The molecule has 0 amide bonds. The molecule has 70 heavy (non-hydrogen) atoms. The molecule has 0 aliphatic rings. The van der Waals surface area contributed by atoms with Crippen LogP contribution in [0.1, 0.15) is 361 Å². The SMILES string of the molecule is CCCCCCCCC/C=C\CCCCCCCC(=O)OC(COC(=O)CCCCCCCCCCCCC)COC(=O)CCCCCCCCCCCCCCCCCCCCCCCCCCC. The molecule has 0 fully saturated rings. The van der Waals surface area contributed by atoms with Crippen LogP contribution in [0.4, 0.5) is 0 Å². The van der Waals surface area contributed by atoms with Gasteiger partial charge in [0.25, 0.3) is 0 Å². The Labute approximate surface area is 437 Å². The Hall–Kier alpha value is -1.85. The van der Waals surface area contributed by atoms with Gasteiger partial charge in [-0.15, -0.1) is 0 Å². The fourth-order valence-electron chi connectivity index (χ4n) is 9.74. The van der Waals surface area contributed by atoms with E-state index in [0.717, 1.165) is 64.2 Å². The lowest BCUT2D eigenvalue weighted by atomic mass is 10.0. The van der Waals surface area contributed by atoms with Crippen molar-refractivity contribution >= 4 is 17.9 Å². The first-order valence-electron chi connectivity index (χ1n) is 31.7. The molecule has 6 nitrogen and oxygen atoms in total. The predicted octanol–water partition coefficient (Wildman–Crippen LogP) is 21.3. The van der Waals surface area contributed by atoms with Crippen molar-refractivity contribution in [3.63, 3.8) is 0 Å². The third-order valence-electron chi connectivity index (χ3n) is 14.5. The highest BCUT2D eigenvalue weighted by molar-refractivity contribution is 5.71. The van der Waals surface area contributed by atoms with Gasteiger partial charge in [0.05, 0.1) is 0 Å². The predicted molar refractivity (Wildman–Crippen MR) is 303 cm³/mol. The van der Waals surface area contributed by atoms with E-state index in [4.69, 9.17) is 14.2 Å². The zero-order valence-electron chi connectivity index (χ0n) is 47.6. The summed E-state index contributed by atoms with van der Waals surface area (Å²) in [5, 5.41) is 0. The van der Waals surface area contributed by atoms with Gasteiger partial charge in [0.1, 0.15) is 13.2 Å². The van der Waals surface area contributed by atoms with Crippen molar-refractivity contribution in [3.8, 4) is 0 Å². The minimum atomic E-state index is -0.769. The van der Waals surface area contributed by atoms with Crippen molar-refractivity contribution in [2.45, 2.75) is 367 Å². The average molecular weight is 988 g/mol. The van der Waals surface area contributed by atoms with Gasteiger partial charge in [-0.3, -0.25) is 14.4 Å². The highest BCUT2D eigenvalue weighted by Gasteiger charge is 2.19. The van der Waals surface area contributed by atoms with Crippen molar-refractivity contribution in [3.05, 3.63) is 12.2 Å². The highest BCUT2D eigenvalue weighted by Crippen LogP contribution is 2.18. The molecule has 1 unspecified atom stereocenters. The summed E-state index contributed by atoms with van der Waals surface area (Å²) < 4.78 is 16.9. The van der Waals surface area contributed by atoms with Gasteiger partial charge in [0.15, 0.2) is 6.10 Å². The quantitative estimate of drug-likeness (QED) is 0.0261.